The summed E-state index contributed by atoms with van der Waals surface area (Å²) in [4.78, 5) is 33.0. The molecule has 9 heteroatoms. The first-order valence-electron chi connectivity index (χ1n) is 13.7. The van der Waals surface area contributed by atoms with Gasteiger partial charge in [-0.25, -0.2) is 4.98 Å². The molecule has 3 aromatic rings. The minimum atomic E-state index is -0.415. The first-order valence-corrected chi connectivity index (χ1v) is 15.0. The molecule has 2 aliphatic heterocycles. The maximum atomic E-state index is 13.4. The normalized spacial score (nSPS) is 18.1. The molecule has 2 aliphatic rings. The molecule has 2 aromatic carbocycles. The van der Waals surface area contributed by atoms with Gasteiger partial charge >= 0.3 is 0 Å². The second-order valence-corrected chi connectivity index (χ2v) is 11.7. The molecule has 3 heterocycles. The number of hydrogen-bond acceptors (Lipinski definition) is 6. The van der Waals surface area contributed by atoms with Crippen molar-refractivity contribution in [3.8, 4) is 5.75 Å². The van der Waals surface area contributed by atoms with Gasteiger partial charge in [-0.15, -0.1) is 11.3 Å². The number of carbonyl (C=O) groups is 2. The molecule has 1 spiro atoms. The van der Waals surface area contributed by atoms with E-state index in [1.54, 1.807) is 0 Å². The number of hydrogen-bond donors (Lipinski definition) is 2. The standard InChI is InChI=1S/C30H35ClN4O3S/c31-23-9-11-24(12-10-23)33-29-34-25(21-39-29)20-27(36)35-17-14-30(15-18-35)13-4-3-7-22-6-1-2-8-26(22)38-19-5-16-32-28(30)37/h1-2,6,8-12,21H,3-5,7,13-20H2,(H,32,37)(H,33,34). The van der Waals surface area contributed by atoms with Crippen molar-refractivity contribution < 1.29 is 14.3 Å². The van der Waals surface area contributed by atoms with E-state index in [1.807, 2.05) is 46.7 Å². The Labute approximate surface area is 238 Å². The number of nitrogens with zero attached hydrogens (tertiary/aromatic N) is 2. The molecule has 0 radical (unpaired) electrons. The number of amides is 2. The van der Waals surface area contributed by atoms with Gasteiger partial charge < -0.3 is 20.3 Å². The van der Waals surface area contributed by atoms with Crippen LogP contribution in [0.1, 0.15) is 49.8 Å². The van der Waals surface area contributed by atoms with Crippen LogP contribution in [-0.4, -0.2) is 47.9 Å². The molecule has 0 unspecified atom stereocenters. The molecule has 2 amide bonds. The Kier molecular flexibility index (Phi) is 9.04. The molecule has 0 saturated carbocycles. The molecule has 2 N–H and O–H groups in total. The fourth-order valence-corrected chi connectivity index (χ4v) is 6.27. The smallest absolute Gasteiger partial charge is 0.228 e. The van der Waals surface area contributed by atoms with Crippen LogP contribution in [0.25, 0.3) is 0 Å². The molecule has 1 fully saturated rings. The van der Waals surface area contributed by atoms with Crippen LogP contribution in [0.2, 0.25) is 5.02 Å². The summed E-state index contributed by atoms with van der Waals surface area (Å²) in [7, 11) is 0. The Balaban J connectivity index is 1.16. The molecule has 7 nitrogen and oxygen atoms in total. The van der Waals surface area contributed by atoms with Gasteiger partial charge in [0.15, 0.2) is 5.13 Å². The number of para-hydroxylation sites is 1. The van der Waals surface area contributed by atoms with Gasteiger partial charge in [-0.05, 0) is 74.4 Å². The van der Waals surface area contributed by atoms with Crippen molar-refractivity contribution in [2.75, 3.05) is 31.6 Å². The Morgan fingerprint density at radius 2 is 1.87 bits per heavy atom. The highest BCUT2D eigenvalue weighted by atomic mass is 35.5. The van der Waals surface area contributed by atoms with Crippen LogP contribution in [0.5, 0.6) is 5.75 Å². The molecule has 1 saturated heterocycles. The lowest BCUT2D eigenvalue weighted by atomic mass is 9.73. The zero-order valence-corrected chi connectivity index (χ0v) is 23.7. The number of piperidine rings is 1. The number of aryl methyl sites for hydroxylation is 1. The highest BCUT2D eigenvalue weighted by Gasteiger charge is 2.41. The maximum absolute atomic E-state index is 13.4. The topological polar surface area (TPSA) is 83.6 Å². The summed E-state index contributed by atoms with van der Waals surface area (Å²) in [5.41, 5.74) is 2.47. The molecule has 206 valence electrons. The minimum Gasteiger partial charge on any atom is -0.493 e. The lowest BCUT2D eigenvalue weighted by Gasteiger charge is -2.41. The predicted molar refractivity (Wildman–Crippen MR) is 156 cm³/mol. The van der Waals surface area contributed by atoms with Crippen LogP contribution < -0.4 is 15.4 Å². The molecule has 0 atom stereocenters. The largest absolute Gasteiger partial charge is 0.493 e. The second-order valence-electron chi connectivity index (χ2n) is 10.4. The number of ether oxygens (including phenoxy) is 1. The third-order valence-corrected chi connectivity index (χ3v) is 8.78. The van der Waals surface area contributed by atoms with Crippen LogP contribution in [0, 0.1) is 5.41 Å². The monoisotopic (exact) mass is 566 g/mol. The highest BCUT2D eigenvalue weighted by Crippen LogP contribution is 2.38. The Morgan fingerprint density at radius 3 is 2.69 bits per heavy atom. The van der Waals surface area contributed by atoms with Crippen molar-refractivity contribution >= 4 is 45.6 Å². The molecule has 0 bridgehead atoms. The molecule has 0 aliphatic carbocycles. The highest BCUT2D eigenvalue weighted by molar-refractivity contribution is 7.13. The Morgan fingerprint density at radius 1 is 1.08 bits per heavy atom. The van der Waals surface area contributed by atoms with Gasteiger partial charge in [-0.2, -0.15) is 0 Å². The van der Waals surface area contributed by atoms with Crippen LogP contribution in [0.15, 0.2) is 53.9 Å². The van der Waals surface area contributed by atoms with E-state index in [-0.39, 0.29) is 18.2 Å². The van der Waals surface area contributed by atoms with Crippen molar-refractivity contribution in [1.82, 2.24) is 15.2 Å². The van der Waals surface area contributed by atoms with Gasteiger partial charge in [0, 0.05) is 35.7 Å². The number of rotatable bonds is 4. The molecular weight excluding hydrogens is 532 g/mol. The zero-order valence-electron chi connectivity index (χ0n) is 22.1. The first-order chi connectivity index (χ1) is 19.0. The first kappa shape index (κ1) is 27.5. The number of thiazole rings is 1. The minimum absolute atomic E-state index is 0.0620. The third-order valence-electron chi connectivity index (χ3n) is 7.72. The van der Waals surface area contributed by atoms with Crippen LogP contribution in [-0.2, 0) is 22.4 Å². The lowest BCUT2D eigenvalue weighted by molar-refractivity contribution is -0.140. The van der Waals surface area contributed by atoms with Gasteiger partial charge in [0.1, 0.15) is 5.75 Å². The van der Waals surface area contributed by atoms with E-state index in [9.17, 15) is 9.59 Å². The van der Waals surface area contributed by atoms with Crippen LogP contribution in [0.4, 0.5) is 10.8 Å². The SMILES string of the molecule is O=C(Cc1csc(Nc2ccc(Cl)cc2)n1)N1CCC2(CCCCc3ccccc3OCCCNC2=O)CC1. The molecule has 39 heavy (non-hydrogen) atoms. The summed E-state index contributed by atoms with van der Waals surface area (Å²) in [5.74, 6) is 1.15. The fraction of sp³-hybridized carbons (Fsp3) is 0.433. The van der Waals surface area contributed by atoms with Crippen molar-refractivity contribution in [2.24, 2.45) is 5.41 Å². The molecular formula is C30H35ClN4O3S. The van der Waals surface area contributed by atoms with Gasteiger partial charge in [-0.1, -0.05) is 36.2 Å². The average Bonchev–Trinajstić information content (AvgIpc) is 3.39. The van der Waals surface area contributed by atoms with Gasteiger partial charge in [-0.3, -0.25) is 9.59 Å². The van der Waals surface area contributed by atoms with Crippen LogP contribution >= 0.6 is 22.9 Å². The summed E-state index contributed by atoms with van der Waals surface area (Å²) >= 11 is 7.44. The summed E-state index contributed by atoms with van der Waals surface area (Å²) in [6, 6.07) is 15.7. The van der Waals surface area contributed by atoms with Gasteiger partial charge in [0.25, 0.3) is 0 Å². The number of fused-ring (bicyclic) bond motifs is 1. The van der Waals surface area contributed by atoms with Crippen molar-refractivity contribution in [3.05, 3.63) is 70.2 Å². The second kappa shape index (κ2) is 12.8. The fourth-order valence-electron chi connectivity index (χ4n) is 5.42. The van der Waals surface area contributed by atoms with E-state index in [0.717, 1.165) is 54.4 Å². The number of aromatic nitrogens is 1. The van der Waals surface area contributed by atoms with E-state index in [1.165, 1.54) is 16.9 Å². The molecule has 1 aromatic heterocycles. The molecule has 5 rings (SSSR count). The number of nitrogens with one attached hydrogen (secondary N) is 2. The van der Waals surface area contributed by atoms with Gasteiger partial charge in [0.05, 0.1) is 24.1 Å². The van der Waals surface area contributed by atoms with Crippen molar-refractivity contribution in [3.63, 3.8) is 0 Å². The zero-order chi connectivity index (χ0) is 27.1. The Hall–Kier alpha value is -3.10. The number of carbonyl (C=O) groups excluding carboxylic acids is 2. The summed E-state index contributed by atoms with van der Waals surface area (Å²) in [6.45, 7) is 2.37. The number of anilines is 2. The summed E-state index contributed by atoms with van der Waals surface area (Å²) < 4.78 is 5.99. The summed E-state index contributed by atoms with van der Waals surface area (Å²) in [5, 5.41) is 9.77. The number of benzene rings is 2. The van der Waals surface area contributed by atoms with E-state index < -0.39 is 5.41 Å². The van der Waals surface area contributed by atoms with E-state index >= 15 is 0 Å². The average molecular weight is 567 g/mol. The number of likely N-dealkylation sites (tertiary alicyclic amines) is 1. The van der Waals surface area contributed by atoms with Crippen molar-refractivity contribution in [2.45, 2.75) is 51.4 Å². The maximum Gasteiger partial charge on any atom is 0.228 e. The lowest BCUT2D eigenvalue weighted by Crippen LogP contribution is -2.50. The van der Waals surface area contributed by atoms with E-state index in [0.29, 0.717) is 44.1 Å². The Bertz CT molecular complexity index is 1270. The van der Waals surface area contributed by atoms with E-state index in [2.05, 4.69) is 27.8 Å². The van der Waals surface area contributed by atoms with E-state index in [4.69, 9.17) is 16.3 Å². The third kappa shape index (κ3) is 7.11. The van der Waals surface area contributed by atoms with Crippen molar-refractivity contribution in [1.29, 1.82) is 0 Å². The predicted octanol–water partition coefficient (Wildman–Crippen LogP) is 6.00. The number of halogens is 1. The van der Waals surface area contributed by atoms with Gasteiger partial charge in [0.2, 0.25) is 11.8 Å². The quantitative estimate of drug-likeness (QED) is 0.404. The van der Waals surface area contributed by atoms with Crippen LogP contribution in [0.3, 0.4) is 0 Å². The summed E-state index contributed by atoms with van der Waals surface area (Å²) in [6.07, 6.45) is 6.18.